The van der Waals surface area contributed by atoms with E-state index in [1.807, 2.05) is 36.4 Å². The molecule has 1 unspecified atom stereocenters. The second-order valence-electron chi connectivity index (χ2n) is 10.7. The molecule has 0 bridgehead atoms. The summed E-state index contributed by atoms with van der Waals surface area (Å²) in [6.45, 7) is 2.04. The topological polar surface area (TPSA) is 208 Å². The van der Waals surface area contributed by atoms with Crippen LogP contribution in [0, 0.1) is 0 Å². The Labute approximate surface area is 257 Å². The van der Waals surface area contributed by atoms with E-state index in [1.54, 1.807) is 10.9 Å². The van der Waals surface area contributed by atoms with E-state index >= 15 is 0 Å². The second-order valence-corrected chi connectivity index (χ2v) is 10.7. The van der Waals surface area contributed by atoms with Gasteiger partial charge in [-0.25, -0.2) is 9.97 Å². The Balaban J connectivity index is 0.00000115. The second kappa shape index (κ2) is 13.8. The average molecular weight is 615 g/mol. The maximum absolute atomic E-state index is 11.0. The molecule has 0 amide bonds. The van der Waals surface area contributed by atoms with E-state index in [0.717, 1.165) is 19.5 Å². The smallest absolute Gasteiger partial charge is 0.290 e. The first-order valence-corrected chi connectivity index (χ1v) is 14.6. The maximum atomic E-state index is 11.0. The van der Waals surface area contributed by atoms with Crippen molar-refractivity contribution in [2.45, 2.75) is 42.9 Å². The predicted molar refractivity (Wildman–Crippen MR) is 163 cm³/mol. The zero-order valence-electron chi connectivity index (χ0n) is 24.1. The van der Waals surface area contributed by atoms with Gasteiger partial charge < -0.3 is 36.0 Å². The fourth-order valence-electron chi connectivity index (χ4n) is 5.72. The third-order valence-corrected chi connectivity index (χ3v) is 7.91. The molecule has 0 saturated carbocycles. The number of fused-ring (bicyclic) bond motifs is 1. The first-order chi connectivity index (χ1) is 22.1. The van der Waals surface area contributed by atoms with Gasteiger partial charge in [-0.05, 0) is 24.1 Å². The monoisotopic (exact) mass is 614 g/mol. The van der Waals surface area contributed by atoms with E-state index in [4.69, 9.17) is 24.6 Å². The molecule has 0 radical (unpaired) electrons. The van der Waals surface area contributed by atoms with E-state index in [1.165, 1.54) is 17.5 Å². The number of nitrogens with zero attached hydrogens (tertiary/aromatic N) is 6. The molecule has 0 aliphatic carbocycles. The van der Waals surface area contributed by atoms with Crippen LogP contribution in [0.1, 0.15) is 41.6 Å². The van der Waals surface area contributed by atoms with Gasteiger partial charge in [0.1, 0.15) is 24.6 Å². The van der Waals surface area contributed by atoms with Gasteiger partial charge >= 0.3 is 0 Å². The Morgan fingerprint density at radius 1 is 1.02 bits per heavy atom. The number of aliphatic hydroxyl groups is 2. The van der Waals surface area contributed by atoms with Crippen LogP contribution in [0.2, 0.25) is 0 Å². The summed E-state index contributed by atoms with van der Waals surface area (Å²) in [5, 5.41) is 45.5. The minimum absolute atomic E-state index is 0.0627. The molecule has 2 aliphatic rings. The Bertz CT molecular complexity index is 1630. The van der Waals surface area contributed by atoms with Crippen LogP contribution < -0.4 is 16.0 Å². The fraction of sp³-hybridized carbons (Fsp3) is 0.333. The molecule has 3 aromatic heterocycles. The number of benzene rings is 2. The lowest BCUT2D eigenvalue weighted by Crippen LogP contribution is -2.29. The number of aromatic nitrogens is 7. The summed E-state index contributed by atoms with van der Waals surface area (Å²) in [5.41, 5.74) is 3.35. The molecular weight excluding hydrogens is 580 g/mol. The number of aromatic amines is 1. The fourth-order valence-corrected chi connectivity index (χ4v) is 5.72. The minimum Gasteiger partial charge on any atom is -0.483 e. The van der Waals surface area contributed by atoms with Gasteiger partial charge in [0.2, 0.25) is 5.95 Å². The normalized spacial score (nSPS) is 22.7. The van der Waals surface area contributed by atoms with Crippen molar-refractivity contribution < 1.29 is 24.9 Å². The van der Waals surface area contributed by atoms with Gasteiger partial charge in [-0.2, -0.15) is 15.1 Å². The molecule has 2 aliphatic heterocycles. The zero-order valence-corrected chi connectivity index (χ0v) is 24.1. The van der Waals surface area contributed by atoms with E-state index < -0.39 is 24.5 Å². The van der Waals surface area contributed by atoms with Crippen LogP contribution in [0.4, 0.5) is 11.8 Å². The molecular formula is C30H34N10O5. The van der Waals surface area contributed by atoms with E-state index in [2.05, 4.69) is 60.4 Å². The lowest BCUT2D eigenvalue weighted by Gasteiger charge is -2.20. The summed E-state index contributed by atoms with van der Waals surface area (Å²) in [6.07, 6.45) is -0.478. The van der Waals surface area contributed by atoms with Gasteiger partial charge in [0.25, 0.3) is 6.47 Å². The average Bonchev–Trinajstić information content (AvgIpc) is 3.89. The molecule has 5 heterocycles. The predicted octanol–water partition coefficient (Wildman–Crippen LogP) is 1.65. The van der Waals surface area contributed by atoms with Crippen LogP contribution in [0.15, 0.2) is 73.3 Å². The van der Waals surface area contributed by atoms with Gasteiger partial charge in [-0.15, -0.1) is 0 Å². The minimum atomic E-state index is -1.25. The summed E-state index contributed by atoms with van der Waals surface area (Å²) >= 11 is 0. The number of imidazole rings is 1. The highest BCUT2D eigenvalue weighted by atomic mass is 16.6. The van der Waals surface area contributed by atoms with Crippen molar-refractivity contribution in [1.29, 1.82) is 0 Å². The summed E-state index contributed by atoms with van der Waals surface area (Å²) < 4.78 is 7.72. The van der Waals surface area contributed by atoms with Gasteiger partial charge in [-0.1, -0.05) is 60.7 Å². The van der Waals surface area contributed by atoms with Crippen LogP contribution in [-0.4, -0.2) is 94.4 Å². The Hall–Kier alpha value is -4.96. The molecule has 0 spiro atoms. The van der Waals surface area contributed by atoms with Crippen LogP contribution in [0.5, 0.6) is 0 Å². The third kappa shape index (κ3) is 6.46. The number of nitrogens with one attached hydrogen (secondary N) is 4. The van der Waals surface area contributed by atoms with E-state index in [-0.39, 0.29) is 18.4 Å². The molecule has 15 heteroatoms. The molecule has 5 atom stereocenters. The van der Waals surface area contributed by atoms with Crippen molar-refractivity contribution in [2.24, 2.45) is 0 Å². The summed E-state index contributed by atoms with van der Waals surface area (Å²) in [6, 6.07) is 20.9. The Kier molecular flexibility index (Phi) is 9.21. The highest BCUT2D eigenvalue weighted by Gasteiger charge is 2.46. The largest absolute Gasteiger partial charge is 0.483 e. The van der Waals surface area contributed by atoms with Crippen LogP contribution >= 0.6 is 0 Å². The quantitative estimate of drug-likeness (QED) is 0.118. The molecule has 7 rings (SSSR count). The molecule has 2 fully saturated rings. The number of carboxylic acid groups (broad SMARTS) is 1. The number of ether oxygens (including phenoxy) is 1. The summed E-state index contributed by atoms with van der Waals surface area (Å²) in [4.78, 5) is 26.7. The first-order valence-electron chi connectivity index (χ1n) is 14.6. The van der Waals surface area contributed by atoms with Crippen LogP contribution in [0.3, 0.4) is 0 Å². The van der Waals surface area contributed by atoms with Crippen molar-refractivity contribution in [2.75, 3.05) is 30.3 Å². The lowest BCUT2D eigenvalue weighted by molar-refractivity contribution is -0.122. The number of H-pyrrole nitrogens is 1. The van der Waals surface area contributed by atoms with Gasteiger partial charge in [0.05, 0.1) is 6.33 Å². The van der Waals surface area contributed by atoms with Gasteiger partial charge in [0, 0.05) is 25.0 Å². The van der Waals surface area contributed by atoms with E-state index in [9.17, 15) is 10.2 Å². The highest BCUT2D eigenvalue weighted by Crippen LogP contribution is 2.39. The first kappa shape index (κ1) is 30.1. The van der Waals surface area contributed by atoms with Crippen molar-refractivity contribution in [3.63, 3.8) is 0 Å². The molecule has 7 N–H and O–H groups in total. The molecule has 15 nitrogen and oxygen atoms in total. The molecule has 2 aromatic carbocycles. The number of hydrogen-bond acceptors (Lipinski definition) is 12. The van der Waals surface area contributed by atoms with Crippen molar-refractivity contribution in [3.8, 4) is 0 Å². The molecule has 234 valence electrons. The maximum Gasteiger partial charge on any atom is 0.290 e. The standard InChI is InChI=1S/C29H32N10O3.CH2O2/c40-22-23(41)28(42-24(22)26-32-15-34-38-26)39-16-33-21-25(36-29(37-27(21)39)35-19-11-12-30-13-19)31-14-20(17-7-3-1-4-8-17)18-9-5-2-6-10-18;2-1-3/h1-10,15-16,19-20,22-24,28,30,40-41H,11-14H2,(H,32,34,38)(H2,31,35,36,37);1H,(H,2,3)/t19?,22-,23+,24-,28+;/m0./s1. The molecule has 5 aromatic rings. The summed E-state index contributed by atoms with van der Waals surface area (Å²) in [7, 11) is 0. The molecule has 45 heavy (non-hydrogen) atoms. The van der Waals surface area contributed by atoms with E-state index in [0.29, 0.717) is 35.3 Å². The molecule has 2 saturated heterocycles. The van der Waals surface area contributed by atoms with Gasteiger partial charge in [-0.3, -0.25) is 14.5 Å². The number of carbonyl (C=O) groups is 1. The lowest BCUT2D eigenvalue weighted by atomic mass is 9.91. The van der Waals surface area contributed by atoms with Crippen LogP contribution in [-0.2, 0) is 9.53 Å². The summed E-state index contributed by atoms with van der Waals surface area (Å²) in [5.74, 6) is 1.39. The number of aliphatic hydroxyl groups excluding tert-OH is 2. The SMILES string of the molecule is O=CO.O[C@@H]1[C@H](O)[C@@H](c2ncn[nH]2)O[C@H]1n1cnc2c(NCC(c3ccccc3)c3ccccc3)nc(NC3CCNC3)nc21. The number of anilines is 2. The van der Waals surface area contributed by atoms with Crippen molar-refractivity contribution in [3.05, 3.63) is 90.3 Å². The van der Waals surface area contributed by atoms with Crippen molar-refractivity contribution >= 4 is 29.4 Å². The Morgan fingerprint density at radius 3 is 2.36 bits per heavy atom. The third-order valence-electron chi connectivity index (χ3n) is 7.91. The van der Waals surface area contributed by atoms with Gasteiger partial charge in [0.15, 0.2) is 29.0 Å². The van der Waals surface area contributed by atoms with Crippen molar-refractivity contribution in [1.82, 2.24) is 40.0 Å². The number of rotatable bonds is 9. The number of hydrogen-bond donors (Lipinski definition) is 7. The zero-order chi connectivity index (χ0) is 31.2. The Morgan fingerprint density at radius 2 is 1.73 bits per heavy atom. The highest BCUT2D eigenvalue weighted by molar-refractivity contribution is 5.84. The van der Waals surface area contributed by atoms with Crippen LogP contribution in [0.25, 0.3) is 11.2 Å².